The SMILES string of the molecule is COc1ccccc1-c1cnc2c(c1)C(=O)N([C@H](C)CO)C[C@@H](C)[C@H](CN(C)Cc1cncnc1)O2. The van der Waals surface area contributed by atoms with Crippen molar-refractivity contribution in [2.45, 2.75) is 32.5 Å². The van der Waals surface area contributed by atoms with Crippen LogP contribution in [0.15, 0.2) is 55.2 Å². The number of para-hydroxylation sites is 1. The van der Waals surface area contributed by atoms with E-state index >= 15 is 0 Å². The number of carbonyl (C=O) groups excluding carboxylic acids is 1. The molecule has 0 saturated heterocycles. The molecule has 3 aromatic rings. The monoisotopic (exact) mass is 491 g/mol. The second kappa shape index (κ2) is 11.5. The van der Waals surface area contributed by atoms with Crippen molar-refractivity contribution in [3.05, 3.63) is 66.4 Å². The maximum atomic E-state index is 13.7. The van der Waals surface area contributed by atoms with Crippen LogP contribution in [0.3, 0.4) is 0 Å². The molecular weight excluding hydrogens is 458 g/mol. The lowest BCUT2D eigenvalue weighted by Gasteiger charge is -2.37. The molecule has 1 N–H and O–H groups in total. The number of likely N-dealkylation sites (N-methyl/N-ethyl adjacent to an activating group) is 1. The summed E-state index contributed by atoms with van der Waals surface area (Å²) in [6, 6.07) is 9.07. The van der Waals surface area contributed by atoms with Crippen LogP contribution in [0, 0.1) is 5.92 Å². The lowest BCUT2D eigenvalue weighted by molar-refractivity contribution is 0.0325. The average Bonchev–Trinajstić information content (AvgIpc) is 2.90. The zero-order valence-corrected chi connectivity index (χ0v) is 21.2. The van der Waals surface area contributed by atoms with E-state index in [1.807, 2.05) is 38.2 Å². The summed E-state index contributed by atoms with van der Waals surface area (Å²) in [5, 5.41) is 9.90. The van der Waals surface area contributed by atoms with E-state index < -0.39 is 0 Å². The zero-order valence-electron chi connectivity index (χ0n) is 21.2. The Labute approximate surface area is 211 Å². The van der Waals surface area contributed by atoms with E-state index in [1.165, 1.54) is 6.33 Å². The molecule has 3 atom stereocenters. The highest BCUT2D eigenvalue weighted by Crippen LogP contribution is 2.34. The number of carbonyl (C=O) groups is 1. The topological polar surface area (TPSA) is 101 Å². The minimum atomic E-state index is -0.347. The maximum Gasteiger partial charge on any atom is 0.259 e. The van der Waals surface area contributed by atoms with Gasteiger partial charge in [0.2, 0.25) is 5.88 Å². The third-order valence-corrected chi connectivity index (χ3v) is 6.50. The van der Waals surface area contributed by atoms with E-state index in [2.05, 4.69) is 26.8 Å². The highest BCUT2D eigenvalue weighted by atomic mass is 16.5. The molecule has 0 aliphatic carbocycles. The van der Waals surface area contributed by atoms with Crippen molar-refractivity contribution in [2.24, 2.45) is 5.92 Å². The van der Waals surface area contributed by atoms with Crippen LogP contribution >= 0.6 is 0 Å². The molecule has 9 heteroatoms. The fourth-order valence-electron chi connectivity index (χ4n) is 4.45. The molecule has 0 unspecified atom stereocenters. The van der Waals surface area contributed by atoms with Gasteiger partial charge in [0, 0.05) is 60.8 Å². The summed E-state index contributed by atoms with van der Waals surface area (Å²) in [4.78, 5) is 30.3. The second-order valence-electron chi connectivity index (χ2n) is 9.34. The number of methoxy groups -OCH3 is 1. The van der Waals surface area contributed by atoms with E-state index in [0.29, 0.717) is 36.8 Å². The molecule has 1 amide bonds. The molecule has 0 radical (unpaired) electrons. The molecule has 1 aliphatic rings. The van der Waals surface area contributed by atoms with Crippen molar-refractivity contribution < 1.29 is 19.4 Å². The Balaban J connectivity index is 1.68. The standard InChI is InChI=1S/C27H33N5O4/c1-18-13-32(19(2)16-33)27(34)23-9-21(22-7-5-6-8-24(22)35-4)12-30-26(23)36-25(18)15-31(3)14-20-10-28-17-29-11-20/h5-12,17-19,25,33H,13-16H2,1-4H3/t18-,19-,25+/m1/s1. The van der Waals surface area contributed by atoms with Gasteiger partial charge in [-0.15, -0.1) is 0 Å². The van der Waals surface area contributed by atoms with Crippen LogP contribution in [0.25, 0.3) is 11.1 Å². The van der Waals surface area contributed by atoms with Gasteiger partial charge in [-0.1, -0.05) is 25.1 Å². The lowest BCUT2D eigenvalue weighted by Crippen LogP contribution is -2.49. The molecule has 1 aliphatic heterocycles. The van der Waals surface area contributed by atoms with Crippen LogP contribution in [0.1, 0.15) is 29.8 Å². The highest BCUT2D eigenvalue weighted by Gasteiger charge is 2.34. The van der Waals surface area contributed by atoms with Crippen molar-refractivity contribution in [3.63, 3.8) is 0 Å². The first-order valence-corrected chi connectivity index (χ1v) is 12.1. The van der Waals surface area contributed by atoms with Gasteiger partial charge in [-0.05, 0) is 26.1 Å². The van der Waals surface area contributed by atoms with Gasteiger partial charge in [0.15, 0.2) is 0 Å². The number of hydrogen-bond donors (Lipinski definition) is 1. The Bertz CT molecular complexity index is 1180. The number of fused-ring (bicyclic) bond motifs is 1. The van der Waals surface area contributed by atoms with Crippen molar-refractivity contribution in [1.82, 2.24) is 24.8 Å². The van der Waals surface area contributed by atoms with Crippen LogP contribution in [-0.4, -0.2) is 81.8 Å². The largest absolute Gasteiger partial charge is 0.496 e. The number of aliphatic hydroxyl groups is 1. The summed E-state index contributed by atoms with van der Waals surface area (Å²) in [6.45, 7) is 5.50. The van der Waals surface area contributed by atoms with Gasteiger partial charge in [-0.3, -0.25) is 9.69 Å². The number of aromatic nitrogens is 3. The summed E-state index contributed by atoms with van der Waals surface area (Å²) >= 11 is 0. The van der Waals surface area contributed by atoms with Crippen LogP contribution < -0.4 is 9.47 Å². The van der Waals surface area contributed by atoms with E-state index in [9.17, 15) is 9.90 Å². The molecule has 1 aromatic carbocycles. The smallest absolute Gasteiger partial charge is 0.259 e. The normalized spacial score (nSPS) is 18.7. The van der Waals surface area contributed by atoms with E-state index in [-0.39, 0.29) is 30.6 Å². The van der Waals surface area contributed by atoms with Crippen LogP contribution in [-0.2, 0) is 6.54 Å². The second-order valence-corrected chi connectivity index (χ2v) is 9.34. The number of pyridine rings is 1. The molecule has 0 fully saturated rings. The molecule has 3 heterocycles. The third-order valence-electron chi connectivity index (χ3n) is 6.50. The first kappa shape index (κ1) is 25.5. The molecule has 190 valence electrons. The first-order chi connectivity index (χ1) is 17.4. The summed E-state index contributed by atoms with van der Waals surface area (Å²) < 4.78 is 11.9. The van der Waals surface area contributed by atoms with Gasteiger partial charge in [-0.2, -0.15) is 0 Å². The minimum absolute atomic E-state index is 0.00117. The zero-order chi connectivity index (χ0) is 25.7. The summed E-state index contributed by atoms with van der Waals surface area (Å²) in [5.74, 6) is 0.774. The molecule has 4 rings (SSSR count). The Hall–Kier alpha value is -3.56. The van der Waals surface area contributed by atoms with E-state index in [0.717, 1.165) is 16.7 Å². The predicted molar refractivity (Wildman–Crippen MR) is 136 cm³/mol. The van der Waals surface area contributed by atoms with Gasteiger partial charge < -0.3 is 19.5 Å². The summed E-state index contributed by atoms with van der Waals surface area (Å²) in [5.41, 5.74) is 2.96. The number of hydrogen-bond acceptors (Lipinski definition) is 8. The van der Waals surface area contributed by atoms with Crippen LogP contribution in [0.4, 0.5) is 0 Å². The molecule has 0 saturated carbocycles. The number of nitrogens with zero attached hydrogens (tertiary/aromatic N) is 5. The Morgan fingerprint density at radius 2 is 1.97 bits per heavy atom. The minimum Gasteiger partial charge on any atom is -0.496 e. The number of aliphatic hydroxyl groups excluding tert-OH is 1. The fraction of sp³-hybridized carbons (Fsp3) is 0.407. The molecule has 9 nitrogen and oxygen atoms in total. The van der Waals surface area contributed by atoms with Gasteiger partial charge in [0.1, 0.15) is 23.7 Å². The average molecular weight is 492 g/mol. The Morgan fingerprint density at radius 3 is 2.69 bits per heavy atom. The molecular formula is C27H33N5O4. The third kappa shape index (κ3) is 5.63. The van der Waals surface area contributed by atoms with Crippen molar-refractivity contribution in [3.8, 4) is 22.8 Å². The Kier molecular flexibility index (Phi) is 8.12. The van der Waals surface area contributed by atoms with Crippen LogP contribution in [0.5, 0.6) is 11.6 Å². The molecule has 0 spiro atoms. The van der Waals surface area contributed by atoms with Gasteiger partial charge >= 0.3 is 0 Å². The van der Waals surface area contributed by atoms with Crippen LogP contribution in [0.2, 0.25) is 0 Å². The van der Waals surface area contributed by atoms with E-state index in [4.69, 9.17) is 9.47 Å². The van der Waals surface area contributed by atoms with Crippen molar-refractivity contribution in [1.29, 1.82) is 0 Å². The van der Waals surface area contributed by atoms with Gasteiger partial charge in [-0.25, -0.2) is 15.0 Å². The van der Waals surface area contributed by atoms with Crippen molar-refractivity contribution in [2.75, 3.05) is 33.9 Å². The number of benzene rings is 1. The quantitative estimate of drug-likeness (QED) is 0.513. The summed E-state index contributed by atoms with van der Waals surface area (Å²) in [6.07, 6.45) is 6.58. The van der Waals surface area contributed by atoms with Gasteiger partial charge in [0.05, 0.1) is 19.8 Å². The summed E-state index contributed by atoms with van der Waals surface area (Å²) in [7, 11) is 3.63. The Morgan fingerprint density at radius 1 is 1.22 bits per heavy atom. The highest BCUT2D eigenvalue weighted by molar-refractivity contribution is 5.98. The number of ether oxygens (including phenoxy) is 2. The fourth-order valence-corrected chi connectivity index (χ4v) is 4.45. The number of amides is 1. The molecule has 2 aromatic heterocycles. The lowest BCUT2D eigenvalue weighted by atomic mass is 9.99. The van der Waals surface area contributed by atoms with Crippen molar-refractivity contribution >= 4 is 5.91 Å². The molecule has 36 heavy (non-hydrogen) atoms. The predicted octanol–water partition coefficient (Wildman–Crippen LogP) is 2.90. The van der Waals surface area contributed by atoms with Gasteiger partial charge in [0.25, 0.3) is 5.91 Å². The van der Waals surface area contributed by atoms with E-state index in [1.54, 1.807) is 36.7 Å². The first-order valence-electron chi connectivity index (χ1n) is 12.1. The maximum absolute atomic E-state index is 13.7. The number of rotatable bonds is 8. The molecule has 0 bridgehead atoms.